The third kappa shape index (κ3) is 3.96. The van der Waals surface area contributed by atoms with E-state index in [9.17, 15) is 9.59 Å². The molecule has 0 atom stereocenters. The van der Waals surface area contributed by atoms with Gasteiger partial charge in [0.2, 0.25) is 0 Å². The van der Waals surface area contributed by atoms with Crippen LogP contribution in [0.4, 0.5) is 10.5 Å². The van der Waals surface area contributed by atoms with Gasteiger partial charge in [0.25, 0.3) is 0 Å². The van der Waals surface area contributed by atoms with Crippen LogP contribution in [0.3, 0.4) is 0 Å². The minimum atomic E-state index is -1.08. The molecule has 0 saturated carbocycles. The summed E-state index contributed by atoms with van der Waals surface area (Å²) in [6.45, 7) is 0.401. The molecule has 0 aliphatic carbocycles. The Labute approximate surface area is 130 Å². The summed E-state index contributed by atoms with van der Waals surface area (Å²) in [6.07, 6.45) is 0. The Hall–Kier alpha value is -2.05. The quantitative estimate of drug-likeness (QED) is 0.899. The first-order valence-electron chi connectivity index (χ1n) is 6.06. The predicted octanol–water partition coefficient (Wildman–Crippen LogP) is 3.76. The number of hydrogen-bond donors (Lipinski definition) is 2. The molecule has 0 unspecified atom stereocenters. The van der Waals surface area contributed by atoms with Gasteiger partial charge in [0.1, 0.15) is 0 Å². The number of nitrogens with zero attached hydrogens (tertiary/aromatic N) is 1. The SMILES string of the molecule is CN(Cc1ccc(Cl)s1)C(=O)Nc1ccccc1C(=O)O. The Morgan fingerprint density at radius 2 is 2.00 bits per heavy atom. The summed E-state index contributed by atoms with van der Waals surface area (Å²) in [6, 6.07) is 9.51. The Morgan fingerprint density at radius 1 is 1.29 bits per heavy atom. The molecule has 0 saturated heterocycles. The molecule has 5 nitrogen and oxygen atoms in total. The third-order valence-electron chi connectivity index (χ3n) is 2.77. The standard InChI is InChI=1S/C14H13ClN2O3S/c1-17(8-9-6-7-12(15)21-9)14(20)16-11-5-3-2-4-10(11)13(18)19/h2-7H,8H2,1H3,(H,16,20)(H,18,19). The van der Waals surface area contributed by atoms with E-state index in [1.54, 1.807) is 31.3 Å². The van der Waals surface area contributed by atoms with Crippen LogP contribution in [0.1, 0.15) is 15.2 Å². The number of nitrogens with one attached hydrogen (secondary N) is 1. The normalized spacial score (nSPS) is 10.2. The number of hydrogen-bond acceptors (Lipinski definition) is 3. The van der Waals surface area contributed by atoms with Crippen molar-refractivity contribution in [3.05, 3.63) is 51.2 Å². The van der Waals surface area contributed by atoms with Crippen molar-refractivity contribution in [2.24, 2.45) is 0 Å². The van der Waals surface area contributed by atoms with Crippen molar-refractivity contribution in [1.29, 1.82) is 0 Å². The molecule has 2 amide bonds. The second kappa shape index (κ2) is 6.60. The van der Waals surface area contributed by atoms with Crippen molar-refractivity contribution in [3.63, 3.8) is 0 Å². The molecule has 0 fully saturated rings. The van der Waals surface area contributed by atoms with Crippen molar-refractivity contribution >= 4 is 40.6 Å². The third-order valence-corrected chi connectivity index (χ3v) is 3.98. The lowest BCUT2D eigenvalue weighted by Crippen LogP contribution is -2.31. The van der Waals surface area contributed by atoms with Gasteiger partial charge >= 0.3 is 12.0 Å². The second-order valence-corrected chi connectivity index (χ2v) is 6.14. The van der Waals surface area contributed by atoms with Gasteiger partial charge in [-0.1, -0.05) is 23.7 Å². The summed E-state index contributed by atoms with van der Waals surface area (Å²) in [5.41, 5.74) is 0.324. The average molecular weight is 325 g/mol. The van der Waals surface area contributed by atoms with Crippen molar-refractivity contribution in [3.8, 4) is 0 Å². The number of para-hydroxylation sites is 1. The summed E-state index contributed by atoms with van der Waals surface area (Å²) in [4.78, 5) is 25.6. The lowest BCUT2D eigenvalue weighted by atomic mass is 10.2. The number of carboxylic acids is 1. The van der Waals surface area contributed by atoms with Gasteiger partial charge in [-0.3, -0.25) is 0 Å². The highest BCUT2D eigenvalue weighted by Crippen LogP contribution is 2.23. The zero-order valence-electron chi connectivity index (χ0n) is 11.2. The topological polar surface area (TPSA) is 69.6 Å². The first-order chi connectivity index (χ1) is 9.97. The summed E-state index contributed by atoms with van der Waals surface area (Å²) < 4.78 is 0.662. The van der Waals surface area contributed by atoms with Crippen molar-refractivity contribution in [2.45, 2.75) is 6.54 Å². The van der Waals surface area contributed by atoms with Gasteiger partial charge in [-0.15, -0.1) is 11.3 Å². The molecule has 110 valence electrons. The van der Waals surface area contributed by atoms with E-state index in [2.05, 4.69) is 5.32 Å². The summed E-state index contributed by atoms with van der Waals surface area (Å²) >= 11 is 7.24. The maximum Gasteiger partial charge on any atom is 0.337 e. The highest BCUT2D eigenvalue weighted by molar-refractivity contribution is 7.16. The van der Waals surface area contributed by atoms with E-state index < -0.39 is 5.97 Å². The molecule has 0 aliphatic rings. The van der Waals surface area contributed by atoms with E-state index in [1.807, 2.05) is 6.07 Å². The fourth-order valence-corrected chi connectivity index (χ4v) is 2.87. The molecular weight excluding hydrogens is 312 g/mol. The van der Waals surface area contributed by atoms with Gasteiger partial charge in [-0.2, -0.15) is 0 Å². The second-order valence-electron chi connectivity index (χ2n) is 4.34. The number of halogens is 1. The monoisotopic (exact) mass is 324 g/mol. The summed E-state index contributed by atoms with van der Waals surface area (Å²) in [7, 11) is 1.63. The summed E-state index contributed by atoms with van der Waals surface area (Å²) in [5, 5.41) is 11.7. The molecule has 0 bridgehead atoms. The summed E-state index contributed by atoms with van der Waals surface area (Å²) in [5.74, 6) is -1.08. The Kier molecular flexibility index (Phi) is 4.82. The maximum absolute atomic E-state index is 12.1. The van der Waals surface area contributed by atoms with E-state index >= 15 is 0 Å². The van der Waals surface area contributed by atoms with Crippen LogP contribution in [-0.2, 0) is 6.54 Å². The van der Waals surface area contributed by atoms with Crippen LogP contribution < -0.4 is 5.32 Å². The minimum Gasteiger partial charge on any atom is -0.478 e. The van der Waals surface area contributed by atoms with Crippen LogP contribution in [0.2, 0.25) is 4.34 Å². The fourth-order valence-electron chi connectivity index (χ4n) is 1.73. The van der Waals surface area contributed by atoms with E-state index in [0.29, 0.717) is 10.9 Å². The lowest BCUT2D eigenvalue weighted by molar-refractivity contribution is 0.0698. The molecular formula is C14H13ClN2O3S. The largest absolute Gasteiger partial charge is 0.478 e. The van der Waals surface area contributed by atoms with Crippen molar-refractivity contribution in [2.75, 3.05) is 12.4 Å². The highest BCUT2D eigenvalue weighted by atomic mass is 35.5. The molecule has 0 aliphatic heterocycles. The van der Waals surface area contributed by atoms with Gasteiger partial charge in [-0.05, 0) is 24.3 Å². The highest BCUT2D eigenvalue weighted by Gasteiger charge is 2.15. The number of carboxylic acid groups (broad SMARTS) is 1. The van der Waals surface area contributed by atoms with E-state index in [1.165, 1.54) is 22.3 Å². The van der Waals surface area contributed by atoms with E-state index in [-0.39, 0.29) is 17.3 Å². The molecule has 2 aromatic rings. The maximum atomic E-state index is 12.1. The van der Waals surface area contributed by atoms with Crippen molar-refractivity contribution < 1.29 is 14.7 Å². The minimum absolute atomic E-state index is 0.0541. The van der Waals surface area contributed by atoms with Gasteiger partial charge in [0.05, 0.1) is 22.1 Å². The van der Waals surface area contributed by atoms with Crippen LogP contribution in [0.15, 0.2) is 36.4 Å². The molecule has 1 heterocycles. The van der Waals surface area contributed by atoms with Crippen LogP contribution in [0, 0.1) is 0 Å². The van der Waals surface area contributed by atoms with Crippen LogP contribution in [0.25, 0.3) is 0 Å². The van der Waals surface area contributed by atoms with Crippen LogP contribution in [-0.4, -0.2) is 29.1 Å². The molecule has 2 N–H and O–H groups in total. The van der Waals surface area contributed by atoms with E-state index in [4.69, 9.17) is 16.7 Å². The van der Waals surface area contributed by atoms with Gasteiger partial charge in [-0.25, -0.2) is 9.59 Å². The molecule has 1 aromatic carbocycles. The molecule has 0 spiro atoms. The Balaban J connectivity index is 2.05. The fraction of sp³-hybridized carbons (Fsp3) is 0.143. The zero-order chi connectivity index (χ0) is 15.4. The number of benzene rings is 1. The number of anilines is 1. The van der Waals surface area contributed by atoms with Crippen LogP contribution >= 0.6 is 22.9 Å². The van der Waals surface area contributed by atoms with Gasteiger partial charge < -0.3 is 15.3 Å². The lowest BCUT2D eigenvalue weighted by Gasteiger charge is -2.18. The Bertz CT molecular complexity index is 672. The number of aromatic carboxylic acids is 1. The smallest absolute Gasteiger partial charge is 0.337 e. The molecule has 7 heteroatoms. The molecule has 1 aromatic heterocycles. The molecule has 2 rings (SSSR count). The molecule has 21 heavy (non-hydrogen) atoms. The first kappa shape index (κ1) is 15.3. The molecule has 0 radical (unpaired) electrons. The van der Waals surface area contributed by atoms with Gasteiger partial charge in [0, 0.05) is 11.9 Å². The number of amides is 2. The first-order valence-corrected chi connectivity index (χ1v) is 7.25. The number of carbonyl (C=O) groups is 2. The number of thiophene rings is 1. The van der Waals surface area contributed by atoms with Crippen molar-refractivity contribution in [1.82, 2.24) is 4.90 Å². The zero-order valence-corrected chi connectivity index (χ0v) is 12.7. The predicted molar refractivity (Wildman–Crippen MR) is 83.2 cm³/mol. The van der Waals surface area contributed by atoms with Crippen LogP contribution in [0.5, 0.6) is 0 Å². The van der Waals surface area contributed by atoms with E-state index in [0.717, 1.165) is 4.88 Å². The Morgan fingerprint density at radius 3 is 2.62 bits per heavy atom. The number of carbonyl (C=O) groups excluding carboxylic acids is 1. The number of rotatable bonds is 4. The average Bonchev–Trinajstić information content (AvgIpc) is 2.84. The van der Waals surface area contributed by atoms with Gasteiger partial charge in [0.15, 0.2) is 0 Å². The number of urea groups is 1.